The largest absolute Gasteiger partial charge is 0.313 e. The molecule has 0 aliphatic carbocycles. The van der Waals surface area contributed by atoms with E-state index in [1.165, 1.54) is 48.0 Å². The van der Waals surface area contributed by atoms with Crippen LogP contribution in [-0.4, -0.2) is 37.6 Å². The average Bonchev–Trinajstić information content (AvgIpc) is 2.41. The number of hydrogen-bond donors (Lipinski definition) is 1. The number of hydrogen-bond acceptors (Lipinski definition) is 2. The van der Waals surface area contributed by atoms with E-state index in [0.717, 1.165) is 13.0 Å². The van der Waals surface area contributed by atoms with E-state index in [0.29, 0.717) is 6.04 Å². The van der Waals surface area contributed by atoms with Crippen molar-refractivity contribution in [1.29, 1.82) is 0 Å². The van der Waals surface area contributed by atoms with Crippen LogP contribution in [0.1, 0.15) is 30.4 Å². The fourth-order valence-corrected chi connectivity index (χ4v) is 3.18. The molecule has 1 aromatic rings. The van der Waals surface area contributed by atoms with Crippen LogP contribution in [0.5, 0.6) is 0 Å². The van der Waals surface area contributed by atoms with Crippen LogP contribution in [0.2, 0.25) is 0 Å². The Balaban J connectivity index is 1.79. The van der Waals surface area contributed by atoms with Crippen molar-refractivity contribution in [2.45, 2.75) is 38.6 Å². The van der Waals surface area contributed by atoms with Gasteiger partial charge in [-0.15, -0.1) is 0 Å². The molecule has 2 nitrogen and oxygen atoms in total. The van der Waals surface area contributed by atoms with Crippen molar-refractivity contribution in [3.8, 4) is 0 Å². The van der Waals surface area contributed by atoms with Crippen molar-refractivity contribution in [3.63, 3.8) is 0 Å². The Morgan fingerprint density at radius 3 is 2.95 bits per heavy atom. The van der Waals surface area contributed by atoms with Crippen LogP contribution >= 0.6 is 15.9 Å². The average molecular weight is 325 g/mol. The Kier molecular flexibility index (Phi) is 5.86. The first-order chi connectivity index (χ1) is 9.15. The number of rotatable bonds is 5. The molecule has 1 atom stereocenters. The molecule has 1 fully saturated rings. The van der Waals surface area contributed by atoms with Gasteiger partial charge in [-0.1, -0.05) is 28.4 Å². The molecule has 2 rings (SSSR count). The lowest BCUT2D eigenvalue weighted by Gasteiger charge is -2.28. The lowest BCUT2D eigenvalue weighted by molar-refractivity contribution is 0.264. The van der Waals surface area contributed by atoms with Crippen LogP contribution in [0.15, 0.2) is 22.7 Å². The molecule has 3 heteroatoms. The van der Waals surface area contributed by atoms with E-state index < -0.39 is 0 Å². The van der Waals surface area contributed by atoms with Crippen molar-refractivity contribution in [2.24, 2.45) is 0 Å². The lowest BCUT2D eigenvalue weighted by Crippen LogP contribution is -2.42. The molecule has 1 aliphatic rings. The molecule has 1 saturated heterocycles. The third-order valence-corrected chi connectivity index (χ3v) is 4.51. The summed E-state index contributed by atoms with van der Waals surface area (Å²) in [6.07, 6.45) is 5.20. The maximum Gasteiger partial charge on any atom is 0.0194 e. The Bertz CT molecular complexity index is 400. The highest BCUT2D eigenvalue weighted by atomic mass is 79.9. The standard InChI is InChI=1S/C16H25BrN2/c1-13-6-7-15(17)11-14(13)8-10-19(2)12-16-5-3-4-9-18-16/h6-7,11,16,18H,3-5,8-10,12H2,1-2H3. The Labute approximate surface area is 125 Å². The van der Waals surface area contributed by atoms with Gasteiger partial charge in [-0.3, -0.25) is 0 Å². The third-order valence-electron chi connectivity index (χ3n) is 4.02. The number of benzene rings is 1. The fourth-order valence-electron chi connectivity index (χ4n) is 2.77. The minimum Gasteiger partial charge on any atom is -0.313 e. The summed E-state index contributed by atoms with van der Waals surface area (Å²) >= 11 is 3.56. The Morgan fingerprint density at radius 2 is 2.21 bits per heavy atom. The molecule has 1 unspecified atom stereocenters. The second kappa shape index (κ2) is 7.41. The molecule has 0 spiro atoms. The van der Waals surface area contributed by atoms with E-state index in [1.54, 1.807) is 0 Å². The van der Waals surface area contributed by atoms with E-state index in [1.807, 2.05) is 0 Å². The molecule has 0 radical (unpaired) electrons. The summed E-state index contributed by atoms with van der Waals surface area (Å²) in [5.41, 5.74) is 2.85. The minimum atomic E-state index is 0.697. The van der Waals surface area contributed by atoms with E-state index in [-0.39, 0.29) is 0 Å². The van der Waals surface area contributed by atoms with Crippen LogP contribution in [0, 0.1) is 6.92 Å². The Morgan fingerprint density at radius 1 is 1.37 bits per heavy atom. The summed E-state index contributed by atoms with van der Waals surface area (Å²) in [5.74, 6) is 0. The van der Waals surface area contributed by atoms with Crippen LogP contribution < -0.4 is 5.32 Å². The van der Waals surface area contributed by atoms with Gasteiger partial charge in [0, 0.05) is 23.6 Å². The van der Waals surface area contributed by atoms with Crippen LogP contribution in [0.3, 0.4) is 0 Å². The van der Waals surface area contributed by atoms with Gasteiger partial charge in [-0.05, 0) is 63.0 Å². The van der Waals surface area contributed by atoms with Gasteiger partial charge < -0.3 is 10.2 Å². The quantitative estimate of drug-likeness (QED) is 0.893. The van der Waals surface area contributed by atoms with Crippen LogP contribution in [-0.2, 0) is 6.42 Å². The fraction of sp³-hybridized carbons (Fsp3) is 0.625. The molecule has 0 amide bonds. The van der Waals surface area contributed by atoms with Crippen LogP contribution in [0.25, 0.3) is 0 Å². The highest BCUT2D eigenvalue weighted by molar-refractivity contribution is 9.10. The summed E-state index contributed by atoms with van der Waals surface area (Å²) in [6, 6.07) is 7.26. The number of piperidine rings is 1. The van der Waals surface area contributed by atoms with E-state index in [2.05, 4.69) is 58.3 Å². The zero-order valence-corrected chi connectivity index (χ0v) is 13.7. The number of halogens is 1. The summed E-state index contributed by atoms with van der Waals surface area (Å²) in [5, 5.41) is 3.62. The SMILES string of the molecule is Cc1ccc(Br)cc1CCN(C)CC1CCCCN1. The zero-order chi connectivity index (χ0) is 13.7. The normalized spacial score (nSPS) is 19.9. The molecule has 0 saturated carbocycles. The number of aryl methyl sites for hydroxylation is 1. The van der Waals surface area contributed by atoms with E-state index in [9.17, 15) is 0 Å². The molecule has 1 N–H and O–H groups in total. The molecule has 1 aliphatic heterocycles. The first-order valence-corrected chi connectivity index (χ1v) is 8.11. The van der Waals surface area contributed by atoms with Gasteiger partial charge in [-0.2, -0.15) is 0 Å². The topological polar surface area (TPSA) is 15.3 Å². The van der Waals surface area contributed by atoms with Crippen molar-refractivity contribution in [2.75, 3.05) is 26.7 Å². The molecule has 0 bridgehead atoms. The predicted molar refractivity (Wildman–Crippen MR) is 85.7 cm³/mol. The number of nitrogens with zero attached hydrogens (tertiary/aromatic N) is 1. The van der Waals surface area contributed by atoms with Crippen LogP contribution in [0.4, 0.5) is 0 Å². The molecule has 0 aromatic heterocycles. The summed E-state index contributed by atoms with van der Waals surface area (Å²) in [6.45, 7) is 5.70. The molecular weight excluding hydrogens is 300 g/mol. The van der Waals surface area contributed by atoms with Gasteiger partial charge in [-0.25, -0.2) is 0 Å². The molecule has 106 valence electrons. The second-order valence-corrected chi connectivity index (χ2v) is 6.65. The third kappa shape index (κ3) is 4.90. The molecular formula is C16H25BrN2. The van der Waals surface area contributed by atoms with Gasteiger partial charge >= 0.3 is 0 Å². The predicted octanol–water partition coefficient (Wildman–Crippen LogP) is 3.37. The molecule has 19 heavy (non-hydrogen) atoms. The van der Waals surface area contributed by atoms with Crippen molar-refractivity contribution in [1.82, 2.24) is 10.2 Å². The molecule has 1 aromatic carbocycles. The highest BCUT2D eigenvalue weighted by Crippen LogP contribution is 2.17. The lowest BCUT2D eigenvalue weighted by atomic mass is 10.0. The Hall–Kier alpha value is -0.380. The van der Waals surface area contributed by atoms with Gasteiger partial charge in [0.05, 0.1) is 0 Å². The maximum atomic E-state index is 3.62. The minimum absolute atomic E-state index is 0.697. The number of likely N-dealkylation sites (N-methyl/N-ethyl adjacent to an activating group) is 1. The van der Waals surface area contributed by atoms with E-state index in [4.69, 9.17) is 0 Å². The first-order valence-electron chi connectivity index (χ1n) is 7.32. The molecule has 1 heterocycles. The van der Waals surface area contributed by atoms with Gasteiger partial charge in [0.2, 0.25) is 0 Å². The van der Waals surface area contributed by atoms with Gasteiger partial charge in [0.25, 0.3) is 0 Å². The second-order valence-electron chi connectivity index (χ2n) is 5.73. The van der Waals surface area contributed by atoms with Crippen molar-refractivity contribution < 1.29 is 0 Å². The van der Waals surface area contributed by atoms with Gasteiger partial charge in [0.1, 0.15) is 0 Å². The maximum absolute atomic E-state index is 3.62. The summed E-state index contributed by atoms with van der Waals surface area (Å²) < 4.78 is 1.18. The first kappa shape index (κ1) is 15.0. The smallest absolute Gasteiger partial charge is 0.0194 e. The zero-order valence-electron chi connectivity index (χ0n) is 12.1. The van der Waals surface area contributed by atoms with E-state index >= 15 is 0 Å². The van der Waals surface area contributed by atoms with Gasteiger partial charge in [0.15, 0.2) is 0 Å². The summed E-state index contributed by atoms with van der Waals surface area (Å²) in [4.78, 5) is 2.46. The number of nitrogens with one attached hydrogen (secondary N) is 1. The summed E-state index contributed by atoms with van der Waals surface area (Å²) in [7, 11) is 2.24. The monoisotopic (exact) mass is 324 g/mol. The van der Waals surface area contributed by atoms with Crippen molar-refractivity contribution in [3.05, 3.63) is 33.8 Å². The van der Waals surface area contributed by atoms with Crippen molar-refractivity contribution >= 4 is 15.9 Å². The highest BCUT2D eigenvalue weighted by Gasteiger charge is 2.14.